The van der Waals surface area contributed by atoms with Crippen LogP contribution in [-0.4, -0.2) is 4.98 Å². The molecule has 2 nitrogen and oxygen atoms in total. The summed E-state index contributed by atoms with van der Waals surface area (Å²) in [6, 6.07) is 43.3. The first-order valence-electron chi connectivity index (χ1n) is 12.9. The molecule has 6 aromatic rings. The number of pyridine rings is 1. The van der Waals surface area contributed by atoms with Crippen molar-refractivity contribution in [3.8, 4) is 33.4 Å². The van der Waals surface area contributed by atoms with E-state index in [4.69, 9.17) is 0 Å². The van der Waals surface area contributed by atoms with Crippen LogP contribution in [0.2, 0.25) is 0 Å². The fourth-order valence-electron chi connectivity index (χ4n) is 5.38. The van der Waals surface area contributed by atoms with Crippen LogP contribution in [0.1, 0.15) is 13.8 Å². The molecule has 1 heterocycles. The Kier molecular flexibility index (Phi) is 6.00. The summed E-state index contributed by atoms with van der Waals surface area (Å²) in [7, 11) is 0. The standard InChI is InChI=1S/C33H22N2.C2H6/c1-2-10-24(11-3-1)35(26-13-8-20-34-22-26)25-12-6-9-23(21-25)27-18-19-32-29-15-5-4-14-28(29)31-17-7-16-30(27)33(31)32;1-2/h1-22H;1-2H3. The van der Waals surface area contributed by atoms with Crippen LogP contribution in [0.25, 0.3) is 44.2 Å². The average Bonchev–Trinajstić information content (AvgIpc) is 3.31. The molecule has 0 amide bonds. The van der Waals surface area contributed by atoms with Crippen molar-refractivity contribution in [3.63, 3.8) is 0 Å². The van der Waals surface area contributed by atoms with Crippen LogP contribution in [0.4, 0.5) is 17.1 Å². The number of benzene rings is 5. The molecule has 5 aromatic carbocycles. The van der Waals surface area contributed by atoms with Crippen molar-refractivity contribution < 1.29 is 0 Å². The van der Waals surface area contributed by atoms with Gasteiger partial charge in [-0.15, -0.1) is 0 Å². The molecular formula is C35H28N2. The van der Waals surface area contributed by atoms with Gasteiger partial charge in [0.2, 0.25) is 0 Å². The lowest BCUT2D eigenvalue weighted by Crippen LogP contribution is -2.10. The molecule has 0 bridgehead atoms. The van der Waals surface area contributed by atoms with Crippen molar-refractivity contribution in [1.82, 2.24) is 4.98 Å². The van der Waals surface area contributed by atoms with Crippen LogP contribution in [0.15, 0.2) is 134 Å². The van der Waals surface area contributed by atoms with Crippen molar-refractivity contribution >= 4 is 27.8 Å². The van der Waals surface area contributed by atoms with Crippen LogP contribution in [0.3, 0.4) is 0 Å². The monoisotopic (exact) mass is 476 g/mol. The lowest BCUT2D eigenvalue weighted by molar-refractivity contribution is 1.23. The summed E-state index contributed by atoms with van der Waals surface area (Å²) in [5.74, 6) is 0. The quantitative estimate of drug-likeness (QED) is 0.251. The van der Waals surface area contributed by atoms with E-state index in [-0.39, 0.29) is 0 Å². The van der Waals surface area contributed by atoms with E-state index in [1.807, 2.05) is 38.4 Å². The van der Waals surface area contributed by atoms with E-state index in [1.165, 1.54) is 44.2 Å². The molecule has 0 fully saturated rings. The molecule has 178 valence electrons. The molecule has 0 saturated carbocycles. The van der Waals surface area contributed by atoms with Gasteiger partial charge >= 0.3 is 0 Å². The lowest BCUT2D eigenvalue weighted by atomic mass is 9.94. The second-order valence-corrected chi connectivity index (χ2v) is 8.87. The van der Waals surface area contributed by atoms with Gasteiger partial charge < -0.3 is 4.90 Å². The summed E-state index contributed by atoms with van der Waals surface area (Å²) in [5.41, 5.74) is 11.0. The lowest BCUT2D eigenvalue weighted by Gasteiger charge is -2.25. The molecular weight excluding hydrogens is 448 g/mol. The summed E-state index contributed by atoms with van der Waals surface area (Å²) in [6.45, 7) is 4.00. The Morgan fingerprint density at radius 2 is 1.11 bits per heavy atom. The Balaban J connectivity index is 0.00000123. The highest BCUT2D eigenvalue weighted by atomic mass is 15.1. The molecule has 1 aliphatic rings. The number of aromatic nitrogens is 1. The molecule has 0 atom stereocenters. The van der Waals surface area contributed by atoms with Gasteiger partial charge in [-0.2, -0.15) is 0 Å². The smallest absolute Gasteiger partial charge is 0.0644 e. The molecule has 0 radical (unpaired) electrons. The highest BCUT2D eigenvalue weighted by Gasteiger charge is 2.22. The van der Waals surface area contributed by atoms with Crippen LogP contribution < -0.4 is 4.90 Å². The van der Waals surface area contributed by atoms with Gasteiger partial charge in [-0.1, -0.05) is 98.8 Å². The predicted molar refractivity (Wildman–Crippen MR) is 158 cm³/mol. The van der Waals surface area contributed by atoms with Crippen LogP contribution in [0, 0.1) is 0 Å². The van der Waals surface area contributed by atoms with E-state index in [9.17, 15) is 0 Å². The van der Waals surface area contributed by atoms with Gasteiger partial charge in [-0.25, -0.2) is 0 Å². The maximum absolute atomic E-state index is 4.38. The minimum atomic E-state index is 1.03. The SMILES string of the molecule is CC.c1ccc(N(c2cccnc2)c2cccc(-c3ccc4c5c(cccc35)-c3ccccc3-4)c2)cc1. The molecule has 1 aromatic heterocycles. The van der Waals surface area contributed by atoms with Gasteiger partial charge in [-0.05, 0) is 80.6 Å². The van der Waals surface area contributed by atoms with Gasteiger partial charge in [0.25, 0.3) is 0 Å². The van der Waals surface area contributed by atoms with Gasteiger partial charge in [0.05, 0.1) is 11.9 Å². The average molecular weight is 477 g/mol. The van der Waals surface area contributed by atoms with E-state index < -0.39 is 0 Å². The van der Waals surface area contributed by atoms with Crippen LogP contribution >= 0.6 is 0 Å². The zero-order valence-electron chi connectivity index (χ0n) is 21.1. The third-order valence-electron chi connectivity index (χ3n) is 6.88. The molecule has 0 unspecified atom stereocenters. The number of hydrogen-bond donors (Lipinski definition) is 0. The zero-order chi connectivity index (χ0) is 25.2. The van der Waals surface area contributed by atoms with E-state index >= 15 is 0 Å². The third kappa shape index (κ3) is 3.88. The summed E-state index contributed by atoms with van der Waals surface area (Å²) in [6.07, 6.45) is 3.73. The highest BCUT2D eigenvalue weighted by Crippen LogP contribution is 2.49. The summed E-state index contributed by atoms with van der Waals surface area (Å²) < 4.78 is 0. The molecule has 37 heavy (non-hydrogen) atoms. The Bertz CT molecular complexity index is 1620. The van der Waals surface area contributed by atoms with Crippen LogP contribution in [-0.2, 0) is 0 Å². The van der Waals surface area contributed by atoms with Crippen molar-refractivity contribution in [2.45, 2.75) is 13.8 Å². The fraction of sp³-hybridized carbons (Fsp3) is 0.0571. The fourth-order valence-corrected chi connectivity index (χ4v) is 5.38. The van der Waals surface area contributed by atoms with E-state index in [1.54, 1.807) is 0 Å². The topological polar surface area (TPSA) is 16.1 Å². The number of rotatable bonds is 4. The van der Waals surface area contributed by atoms with Gasteiger partial charge in [0.15, 0.2) is 0 Å². The van der Waals surface area contributed by atoms with Crippen molar-refractivity contribution in [1.29, 1.82) is 0 Å². The summed E-state index contributed by atoms with van der Waals surface area (Å²) >= 11 is 0. The van der Waals surface area contributed by atoms with E-state index in [0.29, 0.717) is 0 Å². The van der Waals surface area contributed by atoms with Crippen molar-refractivity contribution in [3.05, 3.63) is 134 Å². The van der Waals surface area contributed by atoms with Crippen molar-refractivity contribution in [2.24, 2.45) is 0 Å². The number of anilines is 3. The largest absolute Gasteiger partial charge is 0.309 e. The maximum atomic E-state index is 4.38. The molecule has 0 saturated heterocycles. The first kappa shape index (κ1) is 22.8. The number of hydrogen-bond acceptors (Lipinski definition) is 2. The second kappa shape index (κ2) is 9.75. The third-order valence-corrected chi connectivity index (χ3v) is 6.88. The van der Waals surface area contributed by atoms with Gasteiger partial charge in [0, 0.05) is 17.6 Å². The molecule has 2 heteroatoms. The summed E-state index contributed by atoms with van der Waals surface area (Å²) in [5, 5.41) is 2.64. The van der Waals surface area contributed by atoms with Crippen LogP contribution in [0.5, 0.6) is 0 Å². The Morgan fingerprint density at radius 1 is 0.486 bits per heavy atom. The second-order valence-electron chi connectivity index (χ2n) is 8.87. The number of fused-ring (bicyclic) bond motifs is 3. The molecule has 1 aliphatic carbocycles. The number of nitrogens with zero attached hydrogens (tertiary/aromatic N) is 2. The van der Waals surface area contributed by atoms with Crippen molar-refractivity contribution in [2.75, 3.05) is 4.90 Å². The zero-order valence-corrected chi connectivity index (χ0v) is 21.1. The highest BCUT2D eigenvalue weighted by molar-refractivity contribution is 6.18. The van der Waals surface area contributed by atoms with Gasteiger partial charge in [-0.3, -0.25) is 4.98 Å². The Labute approximate surface area is 218 Å². The Morgan fingerprint density at radius 3 is 1.86 bits per heavy atom. The molecule has 7 rings (SSSR count). The Hall–Kier alpha value is -4.69. The molecule has 0 N–H and O–H groups in total. The van der Waals surface area contributed by atoms with Gasteiger partial charge in [0.1, 0.15) is 0 Å². The van der Waals surface area contributed by atoms with E-state index in [2.05, 4.69) is 119 Å². The predicted octanol–water partition coefficient (Wildman–Crippen LogP) is 10.0. The minimum absolute atomic E-state index is 1.03. The normalized spacial score (nSPS) is 11.0. The minimum Gasteiger partial charge on any atom is -0.309 e. The first-order chi connectivity index (χ1) is 18.4. The maximum Gasteiger partial charge on any atom is 0.0644 e. The molecule has 0 spiro atoms. The number of para-hydroxylation sites is 1. The first-order valence-corrected chi connectivity index (χ1v) is 12.9. The molecule has 0 aliphatic heterocycles. The van der Waals surface area contributed by atoms with E-state index in [0.717, 1.165) is 17.1 Å². The summed E-state index contributed by atoms with van der Waals surface area (Å²) in [4.78, 5) is 6.64.